The number of benzene rings is 8. The molecule has 8 aromatic carbocycles. The van der Waals surface area contributed by atoms with E-state index in [2.05, 4.69) is 197 Å². The van der Waals surface area contributed by atoms with Gasteiger partial charge >= 0.3 is 0 Å². The first kappa shape index (κ1) is 33.7. The van der Waals surface area contributed by atoms with E-state index in [0.717, 1.165) is 50.1 Å². The van der Waals surface area contributed by atoms with E-state index in [4.69, 9.17) is 4.42 Å². The Morgan fingerprint density at radius 3 is 1.72 bits per heavy atom. The Bertz CT molecular complexity index is 3070. The molecule has 0 aliphatic heterocycles. The van der Waals surface area contributed by atoms with Crippen molar-refractivity contribution in [2.75, 3.05) is 4.90 Å². The highest BCUT2D eigenvalue weighted by Gasteiger charge is 2.37. The second kappa shape index (κ2) is 12.2. The van der Waals surface area contributed by atoms with Crippen LogP contribution >= 0.6 is 0 Å². The normalized spacial score (nSPS) is 14.3. The lowest BCUT2D eigenvalue weighted by Crippen LogP contribution is -2.16. The van der Waals surface area contributed by atoms with Crippen LogP contribution in [0.3, 0.4) is 0 Å². The number of anilines is 3. The molecule has 1 aromatic heterocycles. The molecular weight excluding hydrogens is 691 g/mol. The standard InChI is InChI=1S/C55H43NO/c1-34-20-30-42-43-31-29-39(33-50(43)55(4,5)49(42)32-34)56(38-27-23-36(24-28-38)41-15-10-16-45-44-12-7-9-19-51(44)57-53(41)45)37-25-21-35(22-26-37)40-14-11-18-48-52(40)46-13-6-8-17-47(46)54(48,2)3/h6-33H,1-5H3. The van der Waals surface area contributed by atoms with Gasteiger partial charge in [-0.2, -0.15) is 0 Å². The van der Waals surface area contributed by atoms with Gasteiger partial charge in [0.2, 0.25) is 0 Å². The molecule has 9 aromatic rings. The first-order valence-corrected chi connectivity index (χ1v) is 20.1. The topological polar surface area (TPSA) is 16.4 Å². The Morgan fingerprint density at radius 2 is 0.947 bits per heavy atom. The van der Waals surface area contributed by atoms with Crippen molar-refractivity contribution in [3.63, 3.8) is 0 Å². The van der Waals surface area contributed by atoms with Crippen molar-refractivity contribution in [2.45, 2.75) is 45.4 Å². The quantitative estimate of drug-likeness (QED) is 0.175. The van der Waals surface area contributed by atoms with Crippen molar-refractivity contribution in [3.05, 3.63) is 198 Å². The van der Waals surface area contributed by atoms with Gasteiger partial charge in [-0.3, -0.25) is 0 Å². The van der Waals surface area contributed by atoms with Crippen LogP contribution in [0, 0.1) is 6.92 Å². The second-order valence-corrected chi connectivity index (χ2v) is 17.0. The van der Waals surface area contributed by atoms with Crippen LogP contribution in [0.25, 0.3) is 66.4 Å². The highest BCUT2D eigenvalue weighted by atomic mass is 16.3. The minimum atomic E-state index is -0.116. The fourth-order valence-corrected chi connectivity index (χ4v) is 9.98. The first-order chi connectivity index (χ1) is 27.7. The lowest BCUT2D eigenvalue weighted by atomic mass is 9.82. The van der Waals surface area contributed by atoms with E-state index in [1.165, 1.54) is 61.2 Å². The average molecular weight is 734 g/mol. The Balaban J connectivity index is 1.04. The van der Waals surface area contributed by atoms with Gasteiger partial charge in [0.1, 0.15) is 11.2 Å². The molecule has 2 nitrogen and oxygen atoms in total. The molecule has 0 amide bonds. The summed E-state index contributed by atoms with van der Waals surface area (Å²) in [4.78, 5) is 2.41. The van der Waals surface area contributed by atoms with Crippen LogP contribution in [0.1, 0.15) is 55.5 Å². The van der Waals surface area contributed by atoms with Gasteiger partial charge in [0, 0.05) is 44.2 Å². The highest BCUT2D eigenvalue weighted by Crippen LogP contribution is 2.53. The van der Waals surface area contributed by atoms with Gasteiger partial charge in [-0.25, -0.2) is 0 Å². The third-order valence-electron chi connectivity index (χ3n) is 13.0. The molecule has 1 heterocycles. The van der Waals surface area contributed by atoms with Gasteiger partial charge in [0.15, 0.2) is 0 Å². The molecule has 0 bridgehead atoms. The molecule has 0 saturated heterocycles. The number of hydrogen-bond donors (Lipinski definition) is 0. The average Bonchev–Trinajstić information content (AvgIpc) is 3.81. The largest absolute Gasteiger partial charge is 0.455 e. The van der Waals surface area contributed by atoms with Gasteiger partial charge in [-0.15, -0.1) is 0 Å². The molecule has 57 heavy (non-hydrogen) atoms. The van der Waals surface area contributed by atoms with Crippen molar-refractivity contribution in [3.8, 4) is 44.5 Å². The van der Waals surface area contributed by atoms with Crippen LogP contribution in [0.15, 0.2) is 174 Å². The number of para-hydroxylation sites is 2. The molecule has 2 heteroatoms. The van der Waals surface area contributed by atoms with E-state index in [1.54, 1.807) is 0 Å². The number of nitrogens with zero attached hydrogens (tertiary/aromatic N) is 1. The zero-order valence-corrected chi connectivity index (χ0v) is 33.0. The zero-order valence-electron chi connectivity index (χ0n) is 33.0. The van der Waals surface area contributed by atoms with Crippen LogP contribution < -0.4 is 4.90 Å². The maximum atomic E-state index is 6.45. The number of furan rings is 1. The van der Waals surface area contributed by atoms with Crippen LogP contribution in [0.4, 0.5) is 17.1 Å². The summed E-state index contributed by atoms with van der Waals surface area (Å²) in [5.74, 6) is 0. The SMILES string of the molecule is Cc1ccc2c(c1)C(C)(C)c1cc(N(c3ccc(-c4cccc5c4-c4ccccc4C5(C)C)cc3)c3ccc(-c4cccc5c4oc4ccccc45)cc3)ccc1-2. The van der Waals surface area contributed by atoms with Gasteiger partial charge in [0.25, 0.3) is 0 Å². The molecule has 0 saturated carbocycles. The molecule has 0 atom stereocenters. The Morgan fingerprint density at radius 1 is 0.404 bits per heavy atom. The van der Waals surface area contributed by atoms with E-state index in [-0.39, 0.29) is 10.8 Å². The monoisotopic (exact) mass is 733 g/mol. The fourth-order valence-electron chi connectivity index (χ4n) is 9.98. The molecule has 274 valence electrons. The van der Waals surface area contributed by atoms with Crippen LogP contribution in [-0.4, -0.2) is 0 Å². The van der Waals surface area contributed by atoms with Gasteiger partial charge in [0.05, 0.1) is 0 Å². The maximum absolute atomic E-state index is 6.45. The Labute approximate surface area is 334 Å². The lowest BCUT2D eigenvalue weighted by molar-refractivity contribution is 0.660. The van der Waals surface area contributed by atoms with Crippen LogP contribution in [0.2, 0.25) is 0 Å². The third kappa shape index (κ3) is 4.96. The molecule has 0 spiro atoms. The summed E-state index contributed by atoms with van der Waals surface area (Å²) in [6.07, 6.45) is 0. The zero-order chi connectivity index (χ0) is 38.6. The summed E-state index contributed by atoms with van der Waals surface area (Å²) in [6, 6.07) is 62.6. The molecular formula is C55H43NO. The second-order valence-electron chi connectivity index (χ2n) is 17.0. The van der Waals surface area contributed by atoms with Crippen molar-refractivity contribution in [2.24, 2.45) is 0 Å². The van der Waals surface area contributed by atoms with Gasteiger partial charge < -0.3 is 9.32 Å². The van der Waals surface area contributed by atoms with E-state index in [9.17, 15) is 0 Å². The third-order valence-corrected chi connectivity index (χ3v) is 13.0. The minimum Gasteiger partial charge on any atom is -0.455 e. The predicted octanol–water partition coefficient (Wildman–Crippen LogP) is 15.3. The summed E-state index contributed by atoms with van der Waals surface area (Å²) in [6.45, 7) is 11.6. The molecule has 0 fully saturated rings. The fraction of sp³-hybridized carbons (Fsp3) is 0.127. The van der Waals surface area contributed by atoms with Crippen molar-refractivity contribution in [1.29, 1.82) is 0 Å². The summed E-state index contributed by atoms with van der Waals surface area (Å²) >= 11 is 0. The molecule has 11 rings (SSSR count). The smallest absolute Gasteiger partial charge is 0.143 e. The molecule has 0 unspecified atom stereocenters. The van der Waals surface area contributed by atoms with Crippen molar-refractivity contribution in [1.82, 2.24) is 0 Å². The first-order valence-electron chi connectivity index (χ1n) is 20.1. The van der Waals surface area contributed by atoms with E-state index < -0.39 is 0 Å². The number of hydrogen-bond acceptors (Lipinski definition) is 2. The van der Waals surface area contributed by atoms with Gasteiger partial charge in [-0.1, -0.05) is 161 Å². The van der Waals surface area contributed by atoms with E-state index in [0.29, 0.717) is 0 Å². The van der Waals surface area contributed by atoms with E-state index >= 15 is 0 Å². The Hall–Kier alpha value is -6.64. The number of fused-ring (bicyclic) bond motifs is 9. The minimum absolute atomic E-state index is 0.0412. The summed E-state index contributed by atoms with van der Waals surface area (Å²) < 4.78 is 6.45. The molecule has 2 aliphatic carbocycles. The number of rotatable bonds is 5. The molecule has 2 aliphatic rings. The summed E-state index contributed by atoms with van der Waals surface area (Å²) in [5, 5.41) is 2.28. The van der Waals surface area contributed by atoms with Crippen LogP contribution in [0.5, 0.6) is 0 Å². The van der Waals surface area contributed by atoms with Gasteiger partial charge in [-0.05, 0) is 111 Å². The predicted molar refractivity (Wildman–Crippen MR) is 239 cm³/mol. The Kier molecular flexibility index (Phi) is 7.20. The maximum Gasteiger partial charge on any atom is 0.143 e. The lowest BCUT2D eigenvalue weighted by Gasteiger charge is -2.28. The van der Waals surface area contributed by atoms with E-state index in [1.807, 2.05) is 12.1 Å². The van der Waals surface area contributed by atoms with Crippen molar-refractivity contribution >= 4 is 39.0 Å². The summed E-state index contributed by atoms with van der Waals surface area (Å²) in [5.41, 5.74) is 22.0. The number of aryl methyl sites for hydroxylation is 1. The van der Waals surface area contributed by atoms with Crippen molar-refractivity contribution < 1.29 is 4.42 Å². The summed E-state index contributed by atoms with van der Waals surface area (Å²) in [7, 11) is 0. The molecule has 0 N–H and O–H groups in total. The highest BCUT2D eigenvalue weighted by molar-refractivity contribution is 6.09. The molecule has 0 radical (unpaired) electrons. The van der Waals surface area contributed by atoms with Crippen LogP contribution in [-0.2, 0) is 10.8 Å².